The molecule has 1 aliphatic carbocycles. The zero-order valence-electron chi connectivity index (χ0n) is 16.4. The second-order valence-electron chi connectivity index (χ2n) is 7.95. The molecule has 2 heterocycles. The fourth-order valence-electron chi connectivity index (χ4n) is 3.82. The van der Waals surface area contributed by atoms with Crippen molar-refractivity contribution in [3.05, 3.63) is 71.4 Å². The van der Waals surface area contributed by atoms with Crippen molar-refractivity contribution in [2.24, 2.45) is 0 Å². The number of aromatic nitrogens is 1. The van der Waals surface area contributed by atoms with Gasteiger partial charge in [-0.1, -0.05) is 30.3 Å². The molecule has 5 rings (SSSR count). The lowest BCUT2D eigenvalue weighted by molar-refractivity contribution is -0.123. The number of hydrogen-bond acceptors (Lipinski definition) is 4. The van der Waals surface area contributed by atoms with Crippen LogP contribution in [0.15, 0.2) is 54.6 Å². The van der Waals surface area contributed by atoms with Crippen LogP contribution in [-0.4, -0.2) is 22.8 Å². The molecule has 0 radical (unpaired) electrons. The van der Waals surface area contributed by atoms with E-state index in [1.807, 2.05) is 30.3 Å². The highest BCUT2D eigenvalue weighted by atomic mass is 16.2. The highest BCUT2D eigenvalue weighted by molar-refractivity contribution is 6.12. The average molecular weight is 400 g/mol. The van der Waals surface area contributed by atoms with Crippen molar-refractivity contribution in [3.63, 3.8) is 0 Å². The van der Waals surface area contributed by atoms with E-state index in [2.05, 4.69) is 16.0 Å². The maximum absolute atomic E-state index is 13.2. The fourth-order valence-corrected chi connectivity index (χ4v) is 3.82. The summed E-state index contributed by atoms with van der Waals surface area (Å²) < 4.78 is 0. The highest BCUT2D eigenvalue weighted by Gasteiger charge is 2.43. The van der Waals surface area contributed by atoms with Crippen LogP contribution in [0.4, 0.5) is 10.5 Å². The third-order valence-corrected chi connectivity index (χ3v) is 5.72. The summed E-state index contributed by atoms with van der Waals surface area (Å²) in [5.74, 6) is -0.239. The molecule has 0 spiro atoms. The van der Waals surface area contributed by atoms with Gasteiger partial charge in [-0.2, -0.15) is 0 Å². The lowest BCUT2D eigenvalue weighted by Gasteiger charge is -2.21. The normalized spacial score (nSPS) is 20.7. The van der Waals surface area contributed by atoms with Gasteiger partial charge in [-0.05, 0) is 49.6 Å². The van der Waals surface area contributed by atoms with E-state index in [1.54, 1.807) is 31.2 Å². The first-order chi connectivity index (χ1) is 14.4. The topological polar surface area (TPSA) is 100 Å². The largest absolute Gasteiger partial charge is 0.322 e. The van der Waals surface area contributed by atoms with Crippen LogP contribution < -0.4 is 16.0 Å². The van der Waals surface area contributed by atoms with Gasteiger partial charge in [0.1, 0.15) is 5.54 Å². The molecule has 7 heteroatoms. The molecule has 2 aliphatic rings. The molecule has 3 N–H and O–H groups in total. The van der Waals surface area contributed by atoms with Gasteiger partial charge in [-0.3, -0.25) is 19.9 Å². The third-order valence-electron chi connectivity index (χ3n) is 5.72. The lowest BCUT2D eigenvalue weighted by Crippen LogP contribution is -2.40. The standard InChI is InChI=1S/C23H20N4O3/c1-23(21(29)26-22(30)27-23)14-5-4-6-15(11-14)24-20(28)17-12-19(13-9-10-13)25-18-8-3-2-7-16(17)18/h2-8,11-13H,9-10H2,1H3,(H,24,28)(H2,26,27,29,30)/t23-/m1/s1. The number of para-hydroxylation sites is 1. The minimum Gasteiger partial charge on any atom is -0.322 e. The van der Waals surface area contributed by atoms with E-state index in [4.69, 9.17) is 4.98 Å². The summed E-state index contributed by atoms with van der Waals surface area (Å²) in [6.45, 7) is 1.63. The van der Waals surface area contributed by atoms with Crippen molar-refractivity contribution in [1.82, 2.24) is 15.6 Å². The maximum Gasteiger partial charge on any atom is 0.322 e. The number of pyridine rings is 1. The minimum atomic E-state index is -1.18. The first kappa shape index (κ1) is 18.3. The molecule has 2 fully saturated rings. The summed E-state index contributed by atoms with van der Waals surface area (Å²) in [5.41, 5.74) is 2.28. The predicted octanol–water partition coefficient (Wildman–Crippen LogP) is 3.42. The predicted molar refractivity (Wildman–Crippen MR) is 112 cm³/mol. The summed E-state index contributed by atoms with van der Waals surface area (Å²) in [7, 11) is 0. The highest BCUT2D eigenvalue weighted by Crippen LogP contribution is 2.40. The molecule has 4 amide bonds. The Morgan fingerprint density at radius 3 is 2.63 bits per heavy atom. The molecule has 0 unspecified atom stereocenters. The number of anilines is 1. The van der Waals surface area contributed by atoms with Gasteiger partial charge in [0.05, 0.1) is 11.1 Å². The van der Waals surface area contributed by atoms with Crippen LogP contribution >= 0.6 is 0 Å². The molecule has 1 saturated carbocycles. The van der Waals surface area contributed by atoms with Crippen LogP contribution in [-0.2, 0) is 10.3 Å². The Balaban J connectivity index is 1.48. The average Bonchev–Trinajstić information content (AvgIpc) is 3.54. The van der Waals surface area contributed by atoms with Crippen molar-refractivity contribution < 1.29 is 14.4 Å². The van der Waals surface area contributed by atoms with Crippen molar-refractivity contribution in [1.29, 1.82) is 0 Å². The van der Waals surface area contributed by atoms with Crippen molar-refractivity contribution in [2.45, 2.75) is 31.2 Å². The molecule has 3 aromatic rings. The molecule has 30 heavy (non-hydrogen) atoms. The molecule has 7 nitrogen and oxygen atoms in total. The number of hydrogen-bond donors (Lipinski definition) is 3. The van der Waals surface area contributed by atoms with E-state index >= 15 is 0 Å². The SMILES string of the molecule is C[C@]1(c2cccc(NC(=O)c3cc(C4CC4)nc4ccccc34)c2)NC(=O)NC1=O. The third kappa shape index (κ3) is 3.08. The van der Waals surface area contributed by atoms with Crippen molar-refractivity contribution in [3.8, 4) is 0 Å². The second-order valence-corrected chi connectivity index (χ2v) is 7.95. The summed E-state index contributed by atoms with van der Waals surface area (Å²) in [5, 5.41) is 8.62. The Labute approximate surface area is 172 Å². The zero-order chi connectivity index (χ0) is 20.9. The van der Waals surface area contributed by atoms with E-state index in [-0.39, 0.29) is 5.91 Å². The van der Waals surface area contributed by atoms with Crippen LogP contribution in [0, 0.1) is 0 Å². The van der Waals surface area contributed by atoms with Crippen molar-refractivity contribution >= 4 is 34.4 Å². The molecule has 0 bridgehead atoms. The van der Waals surface area contributed by atoms with Crippen molar-refractivity contribution in [2.75, 3.05) is 5.32 Å². The van der Waals surface area contributed by atoms with Gasteiger partial charge in [-0.15, -0.1) is 0 Å². The lowest BCUT2D eigenvalue weighted by atomic mass is 9.92. The molecule has 150 valence electrons. The van der Waals surface area contributed by atoms with Gasteiger partial charge >= 0.3 is 6.03 Å². The van der Waals surface area contributed by atoms with Gasteiger partial charge in [0.15, 0.2) is 0 Å². The number of fused-ring (bicyclic) bond motifs is 1. The van der Waals surface area contributed by atoms with Gasteiger partial charge < -0.3 is 10.6 Å². The Morgan fingerprint density at radius 1 is 1.10 bits per heavy atom. The molecular weight excluding hydrogens is 380 g/mol. The molecule has 1 aromatic heterocycles. The van der Waals surface area contributed by atoms with Crippen LogP contribution in [0.25, 0.3) is 10.9 Å². The molecule has 1 aliphatic heterocycles. The Morgan fingerprint density at radius 2 is 1.90 bits per heavy atom. The molecule has 1 atom stereocenters. The van der Waals surface area contributed by atoms with Gasteiger partial charge in [0.25, 0.3) is 11.8 Å². The number of urea groups is 1. The monoisotopic (exact) mass is 400 g/mol. The molecular formula is C23H20N4O3. The summed E-state index contributed by atoms with van der Waals surface area (Å²) in [6.07, 6.45) is 2.20. The first-order valence-electron chi connectivity index (χ1n) is 9.89. The van der Waals surface area contributed by atoms with Crippen LogP contribution in [0.3, 0.4) is 0 Å². The number of amides is 4. The van der Waals surface area contributed by atoms with Gasteiger partial charge in [0, 0.05) is 22.7 Å². The van der Waals surface area contributed by atoms with Gasteiger partial charge in [0.2, 0.25) is 0 Å². The Kier molecular flexibility index (Phi) is 4.06. The number of nitrogens with zero attached hydrogens (tertiary/aromatic N) is 1. The summed E-state index contributed by atoms with van der Waals surface area (Å²) in [6, 6.07) is 15.9. The minimum absolute atomic E-state index is 0.238. The van der Waals surface area contributed by atoms with E-state index in [0.29, 0.717) is 22.7 Å². The first-order valence-corrected chi connectivity index (χ1v) is 9.89. The number of rotatable bonds is 4. The van der Waals surface area contributed by atoms with Crippen LogP contribution in [0.5, 0.6) is 0 Å². The maximum atomic E-state index is 13.2. The number of imide groups is 1. The van der Waals surface area contributed by atoms with Gasteiger partial charge in [-0.25, -0.2) is 4.79 Å². The van der Waals surface area contributed by atoms with E-state index < -0.39 is 17.5 Å². The number of nitrogens with one attached hydrogen (secondary N) is 3. The number of carbonyl (C=O) groups is 3. The number of benzene rings is 2. The quantitative estimate of drug-likeness (QED) is 0.584. The summed E-state index contributed by atoms with van der Waals surface area (Å²) >= 11 is 0. The Hall–Kier alpha value is -3.74. The van der Waals surface area contributed by atoms with Crippen LogP contribution in [0.1, 0.15) is 47.3 Å². The Bertz CT molecular complexity index is 1220. The molecule has 2 aromatic carbocycles. The smallest absolute Gasteiger partial charge is 0.322 e. The second kappa shape index (κ2) is 6.66. The van der Waals surface area contributed by atoms with E-state index in [9.17, 15) is 14.4 Å². The van der Waals surface area contributed by atoms with E-state index in [0.717, 1.165) is 29.4 Å². The van der Waals surface area contributed by atoms with E-state index in [1.165, 1.54) is 0 Å². The summed E-state index contributed by atoms with van der Waals surface area (Å²) in [4.78, 5) is 41.7. The fraction of sp³-hybridized carbons (Fsp3) is 0.217. The van der Waals surface area contributed by atoms with Crippen LogP contribution in [0.2, 0.25) is 0 Å². The molecule has 1 saturated heterocycles. The number of carbonyl (C=O) groups excluding carboxylic acids is 3. The zero-order valence-corrected chi connectivity index (χ0v) is 16.4.